The van der Waals surface area contributed by atoms with Gasteiger partial charge in [0.2, 0.25) is 0 Å². The Balaban J connectivity index is 1.97. The van der Waals surface area contributed by atoms with E-state index < -0.39 is 0 Å². The molecule has 4 heteroatoms. The first kappa shape index (κ1) is 16.8. The van der Waals surface area contributed by atoms with Crippen LogP contribution in [-0.4, -0.2) is 16.3 Å². The predicted octanol–water partition coefficient (Wildman–Crippen LogP) is 5.46. The van der Waals surface area contributed by atoms with Crippen LogP contribution in [0.2, 0.25) is 0 Å². The Hall–Kier alpha value is -2.62. The van der Waals surface area contributed by atoms with Gasteiger partial charge in [0.05, 0.1) is 0 Å². The first-order valence-corrected chi connectivity index (χ1v) is 9.21. The average molecular weight is 348 g/mol. The van der Waals surface area contributed by atoms with Crippen LogP contribution in [0.1, 0.15) is 56.1 Å². The molecular weight excluding hydrogens is 324 g/mol. The Bertz CT molecular complexity index is 979. The molecule has 2 aromatic heterocycles. The van der Waals surface area contributed by atoms with Gasteiger partial charge in [-0.25, -0.2) is 9.98 Å². The lowest BCUT2D eigenvalue weighted by Gasteiger charge is -2.21. The third-order valence-electron chi connectivity index (χ3n) is 5.04. The van der Waals surface area contributed by atoms with Crippen molar-refractivity contribution in [3.05, 3.63) is 52.9 Å². The van der Waals surface area contributed by atoms with Gasteiger partial charge < -0.3 is 9.52 Å². The van der Waals surface area contributed by atoms with Crippen LogP contribution in [0.5, 0.6) is 5.75 Å². The lowest BCUT2D eigenvalue weighted by molar-refractivity contribution is 0.446. The van der Waals surface area contributed by atoms with Crippen LogP contribution in [0.4, 0.5) is 5.82 Å². The second kappa shape index (κ2) is 6.27. The van der Waals surface area contributed by atoms with E-state index in [1.165, 1.54) is 5.56 Å². The molecule has 1 aliphatic rings. The molecule has 4 nitrogen and oxygen atoms in total. The number of aryl methyl sites for hydroxylation is 2. The Labute approximate surface area is 153 Å². The Morgan fingerprint density at radius 1 is 1.19 bits per heavy atom. The normalized spacial score (nSPS) is 14.9. The maximum absolute atomic E-state index is 11.1. The summed E-state index contributed by atoms with van der Waals surface area (Å²) in [6.07, 6.45) is 7.71. The van der Waals surface area contributed by atoms with Crippen LogP contribution in [0, 0.1) is 0 Å². The van der Waals surface area contributed by atoms with E-state index in [0.717, 1.165) is 53.5 Å². The summed E-state index contributed by atoms with van der Waals surface area (Å²) in [6, 6.07) is 7.62. The third-order valence-corrected chi connectivity index (χ3v) is 5.04. The molecule has 0 amide bonds. The van der Waals surface area contributed by atoms with Gasteiger partial charge in [-0.05, 0) is 42.9 Å². The molecule has 134 valence electrons. The Morgan fingerprint density at radius 3 is 2.73 bits per heavy atom. The summed E-state index contributed by atoms with van der Waals surface area (Å²) in [5, 5.41) is 12.1. The number of aliphatic imine (C=N–C) groups is 1. The summed E-state index contributed by atoms with van der Waals surface area (Å²) in [4.78, 5) is 8.75. The van der Waals surface area contributed by atoms with Crippen molar-refractivity contribution < 1.29 is 9.52 Å². The third kappa shape index (κ3) is 2.90. The zero-order chi connectivity index (χ0) is 18.3. The number of nitrogens with zero attached hydrogens (tertiary/aromatic N) is 2. The van der Waals surface area contributed by atoms with Crippen LogP contribution < -0.4 is 0 Å². The van der Waals surface area contributed by atoms with Crippen molar-refractivity contribution in [1.29, 1.82) is 0 Å². The van der Waals surface area contributed by atoms with Crippen molar-refractivity contribution in [3.8, 4) is 5.75 Å². The number of fused-ring (bicyclic) bond motifs is 3. The van der Waals surface area contributed by atoms with E-state index in [1.807, 2.05) is 24.3 Å². The van der Waals surface area contributed by atoms with E-state index in [2.05, 4.69) is 30.7 Å². The molecular formula is C22H24N2O2. The maximum Gasteiger partial charge on any atom is 0.151 e. The van der Waals surface area contributed by atoms with E-state index in [1.54, 1.807) is 12.4 Å². The summed E-state index contributed by atoms with van der Waals surface area (Å²) < 4.78 is 6.19. The minimum atomic E-state index is -0.195. The molecule has 0 saturated carbocycles. The number of hydrogen-bond donors (Lipinski definition) is 1. The van der Waals surface area contributed by atoms with Crippen LogP contribution in [0.15, 0.2) is 39.9 Å². The smallest absolute Gasteiger partial charge is 0.151 e. The molecule has 0 radical (unpaired) electrons. The van der Waals surface area contributed by atoms with Crippen molar-refractivity contribution >= 4 is 23.0 Å². The van der Waals surface area contributed by atoms with E-state index >= 15 is 0 Å². The minimum Gasteiger partial charge on any atom is -0.507 e. The number of phenolic OH excluding ortho intramolecular Hbond substituents is 1. The molecule has 26 heavy (non-hydrogen) atoms. The van der Waals surface area contributed by atoms with Crippen LogP contribution >= 0.6 is 0 Å². The van der Waals surface area contributed by atoms with E-state index in [0.29, 0.717) is 11.6 Å². The van der Waals surface area contributed by atoms with Gasteiger partial charge in [-0.1, -0.05) is 26.8 Å². The van der Waals surface area contributed by atoms with E-state index in [-0.39, 0.29) is 5.41 Å². The zero-order valence-corrected chi connectivity index (χ0v) is 15.5. The molecule has 1 N–H and O–H groups in total. The van der Waals surface area contributed by atoms with Crippen molar-refractivity contribution in [3.63, 3.8) is 0 Å². The lowest BCUT2D eigenvalue weighted by Crippen LogP contribution is -2.12. The second-order valence-corrected chi connectivity index (χ2v) is 7.97. The molecule has 4 rings (SSSR count). The van der Waals surface area contributed by atoms with Gasteiger partial charge in [0.15, 0.2) is 5.82 Å². The summed E-state index contributed by atoms with van der Waals surface area (Å²) in [7, 11) is 0. The summed E-state index contributed by atoms with van der Waals surface area (Å²) in [6.45, 7) is 6.28. The van der Waals surface area contributed by atoms with Crippen molar-refractivity contribution in [2.75, 3.05) is 0 Å². The van der Waals surface area contributed by atoms with Gasteiger partial charge >= 0.3 is 0 Å². The quantitative estimate of drug-likeness (QED) is 0.626. The zero-order valence-electron chi connectivity index (χ0n) is 15.5. The van der Waals surface area contributed by atoms with Crippen LogP contribution in [-0.2, 0) is 18.3 Å². The highest BCUT2D eigenvalue weighted by Gasteiger charge is 2.27. The van der Waals surface area contributed by atoms with Gasteiger partial charge in [-0.2, -0.15) is 0 Å². The van der Waals surface area contributed by atoms with Gasteiger partial charge in [-0.3, -0.25) is 0 Å². The van der Waals surface area contributed by atoms with Gasteiger partial charge in [0, 0.05) is 40.9 Å². The SMILES string of the molecule is CC(C)(C)c1cc2oc3c(c2c(C=Nc2ccccn2)c1O)CCCC3. The average Bonchev–Trinajstić information content (AvgIpc) is 2.99. The Morgan fingerprint density at radius 2 is 2.00 bits per heavy atom. The topological polar surface area (TPSA) is 58.6 Å². The molecule has 0 aliphatic heterocycles. The first-order chi connectivity index (χ1) is 12.4. The number of aromatic hydroxyl groups is 1. The highest BCUT2D eigenvalue weighted by atomic mass is 16.3. The number of pyridine rings is 1. The number of aromatic nitrogens is 1. The number of phenols is 1. The molecule has 1 aromatic carbocycles. The number of furan rings is 1. The molecule has 0 fully saturated rings. The number of benzene rings is 1. The second-order valence-electron chi connectivity index (χ2n) is 7.97. The minimum absolute atomic E-state index is 0.195. The van der Waals surface area contributed by atoms with Gasteiger partial charge in [-0.15, -0.1) is 0 Å². The Kier molecular flexibility index (Phi) is 4.06. The monoisotopic (exact) mass is 348 g/mol. The van der Waals surface area contributed by atoms with Crippen molar-refractivity contribution in [2.24, 2.45) is 4.99 Å². The largest absolute Gasteiger partial charge is 0.507 e. The summed E-state index contributed by atoms with van der Waals surface area (Å²) >= 11 is 0. The molecule has 3 aromatic rings. The highest BCUT2D eigenvalue weighted by molar-refractivity contribution is 6.04. The van der Waals surface area contributed by atoms with E-state index in [4.69, 9.17) is 4.42 Å². The fourth-order valence-electron chi connectivity index (χ4n) is 3.71. The van der Waals surface area contributed by atoms with Crippen LogP contribution in [0.25, 0.3) is 11.0 Å². The maximum atomic E-state index is 11.1. The fourth-order valence-corrected chi connectivity index (χ4v) is 3.71. The number of rotatable bonds is 2. The summed E-state index contributed by atoms with van der Waals surface area (Å²) in [5.41, 5.74) is 3.49. The van der Waals surface area contributed by atoms with Gasteiger partial charge in [0.1, 0.15) is 17.1 Å². The summed E-state index contributed by atoms with van der Waals surface area (Å²) in [5.74, 6) is 1.97. The fraction of sp³-hybridized carbons (Fsp3) is 0.364. The number of hydrogen-bond acceptors (Lipinski definition) is 4. The first-order valence-electron chi connectivity index (χ1n) is 9.21. The predicted molar refractivity (Wildman–Crippen MR) is 105 cm³/mol. The molecule has 0 unspecified atom stereocenters. The molecule has 0 spiro atoms. The molecule has 1 aliphatic carbocycles. The molecule has 2 heterocycles. The van der Waals surface area contributed by atoms with Crippen molar-refractivity contribution in [2.45, 2.75) is 51.9 Å². The lowest BCUT2D eigenvalue weighted by atomic mass is 9.83. The molecule has 0 atom stereocenters. The van der Waals surface area contributed by atoms with Crippen molar-refractivity contribution in [1.82, 2.24) is 4.98 Å². The molecule has 0 saturated heterocycles. The highest BCUT2D eigenvalue weighted by Crippen LogP contribution is 2.42. The van der Waals surface area contributed by atoms with Crippen LogP contribution in [0.3, 0.4) is 0 Å². The molecule has 0 bridgehead atoms. The van der Waals surface area contributed by atoms with E-state index in [9.17, 15) is 5.11 Å². The standard InChI is InChI=1S/C22H24N2O2/c1-22(2,3)16-12-18-20(14-8-4-5-9-17(14)26-18)15(21(16)25)13-24-19-10-6-7-11-23-19/h6-7,10-13,25H,4-5,8-9H2,1-3H3. The van der Waals surface area contributed by atoms with Gasteiger partial charge in [0.25, 0.3) is 0 Å².